The van der Waals surface area contributed by atoms with E-state index in [1.54, 1.807) is 0 Å². The largest absolute Gasteiger partial charge is 0.256 e. The molecule has 0 amide bonds. The minimum atomic E-state index is 1.02. The Labute approximate surface area is 142 Å². The van der Waals surface area contributed by atoms with E-state index in [1.165, 1.54) is 32.7 Å². The fraction of sp³-hybridized carbons (Fsp3) is 0.0870. The van der Waals surface area contributed by atoms with Crippen LogP contribution in [0, 0.1) is 0 Å². The van der Waals surface area contributed by atoms with E-state index in [4.69, 9.17) is 0 Å². The van der Waals surface area contributed by atoms with E-state index >= 15 is 0 Å². The van der Waals surface area contributed by atoms with Crippen molar-refractivity contribution in [1.82, 2.24) is 4.98 Å². The molecule has 1 heteroatoms. The molecule has 0 atom stereocenters. The standard InChI is InChI=1S/C23H19N/c1-3-16(2)18-12-13-24-23(15-18)20-10-11-22-19(14-20)9-8-17-6-4-5-7-21(17)22/h3-15H,1-2H3/b16-3+. The maximum atomic E-state index is 4.57. The third-order valence-electron chi connectivity index (χ3n) is 4.69. The number of rotatable bonds is 2. The smallest absolute Gasteiger partial charge is 0.0708 e. The van der Waals surface area contributed by atoms with Crippen molar-refractivity contribution in [3.05, 3.63) is 84.6 Å². The highest BCUT2D eigenvalue weighted by molar-refractivity contribution is 6.08. The van der Waals surface area contributed by atoms with Gasteiger partial charge in [-0.1, -0.05) is 54.6 Å². The third-order valence-corrected chi connectivity index (χ3v) is 4.69. The van der Waals surface area contributed by atoms with Gasteiger partial charge in [0.15, 0.2) is 0 Å². The fourth-order valence-electron chi connectivity index (χ4n) is 3.17. The maximum absolute atomic E-state index is 4.57. The van der Waals surface area contributed by atoms with Crippen molar-refractivity contribution in [2.24, 2.45) is 0 Å². The van der Waals surface area contributed by atoms with E-state index in [-0.39, 0.29) is 0 Å². The Morgan fingerprint density at radius 3 is 2.50 bits per heavy atom. The molecule has 1 heterocycles. The van der Waals surface area contributed by atoms with Crippen molar-refractivity contribution in [2.75, 3.05) is 0 Å². The van der Waals surface area contributed by atoms with Crippen molar-refractivity contribution in [2.45, 2.75) is 13.8 Å². The summed E-state index contributed by atoms with van der Waals surface area (Å²) in [7, 11) is 0. The van der Waals surface area contributed by atoms with Crippen LogP contribution in [0.15, 0.2) is 79.0 Å². The average Bonchev–Trinajstić information content (AvgIpc) is 2.67. The second-order valence-corrected chi connectivity index (χ2v) is 6.12. The van der Waals surface area contributed by atoms with Gasteiger partial charge >= 0.3 is 0 Å². The van der Waals surface area contributed by atoms with Crippen molar-refractivity contribution in [1.29, 1.82) is 0 Å². The van der Waals surface area contributed by atoms with Crippen LogP contribution in [0.5, 0.6) is 0 Å². The summed E-state index contributed by atoms with van der Waals surface area (Å²) in [6.07, 6.45) is 4.02. The van der Waals surface area contributed by atoms with Crippen LogP contribution in [0.2, 0.25) is 0 Å². The van der Waals surface area contributed by atoms with Gasteiger partial charge in [0.05, 0.1) is 5.69 Å². The zero-order valence-electron chi connectivity index (χ0n) is 14.0. The molecule has 0 saturated heterocycles. The lowest BCUT2D eigenvalue weighted by molar-refractivity contribution is 1.31. The maximum Gasteiger partial charge on any atom is 0.0708 e. The molecule has 0 unspecified atom stereocenters. The highest BCUT2D eigenvalue weighted by atomic mass is 14.7. The Hall–Kier alpha value is -2.93. The summed E-state index contributed by atoms with van der Waals surface area (Å²) >= 11 is 0. The molecule has 3 aromatic carbocycles. The summed E-state index contributed by atoms with van der Waals surface area (Å²) in [5, 5.41) is 5.12. The highest BCUT2D eigenvalue weighted by Crippen LogP contribution is 2.29. The number of pyridine rings is 1. The highest BCUT2D eigenvalue weighted by Gasteiger charge is 2.05. The van der Waals surface area contributed by atoms with Crippen LogP contribution >= 0.6 is 0 Å². The molecule has 0 bridgehead atoms. The lowest BCUT2D eigenvalue weighted by Gasteiger charge is -2.08. The van der Waals surface area contributed by atoms with Crippen LogP contribution in [0.4, 0.5) is 0 Å². The van der Waals surface area contributed by atoms with Crippen LogP contribution < -0.4 is 0 Å². The summed E-state index contributed by atoms with van der Waals surface area (Å²) in [6.45, 7) is 4.20. The van der Waals surface area contributed by atoms with Crippen molar-refractivity contribution in [3.63, 3.8) is 0 Å². The molecule has 0 fully saturated rings. The molecule has 4 aromatic rings. The van der Waals surface area contributed by atoms with Gasteiger partial charge in [-0.25, -0.2) is 0 Å². The van der Waals surface area contributed by atoms with Crippen LogP contribution in [0.25, 0.3) is 38.4 Å². The predicted octanol–water partition coefficient (Wildman–Crippen LogP) is 6.48. The quantitative estimate of drug-likeness (QED) is 0.386. The summed E-state index contributed by atoms with van der Waals surface area (Å²) in [6, 6.07) is 23.8. The van der Waals surface area contributed by atoms with Gasteiger partial charge in [0.25, 0.3) is 0 Å². The van der Waals surface area contributed by atoms with Crippen molar-refractivity contribution >= 4 is 27.1 Å². The number of allylic oxidation sites excluding steroid dienone is 2. The molecule has 0 aliphatic heterocycles. The molecular weight excluding hydrogens is 290 g/mol. The molecule has 116 valence electrons. The second-order valence-electron chi connectivity index (χ2n) is 6.12. The lowest BCUT2D eigenvalue weighted by Crippen LogP contribution is -1.87. The van der Waals surface area contributed by atoms with Gasteiger partial charge in [0, 0.05) is 11.8 Å². The number of hydrogen-bond donors (Lipinski definition) is 0. The molecule has 0 aliphatic carbocycles. The molecule has 0 spiro atoms. The minimum Gasteiger partial charge on any atom is -0.256 e. The summed E-state index contributed by atoms with van der Waals surface area (Å²) in [5.41, 5.74) is 4.67. The van der Waals surface area contributed by atoms with Gasteiger partial charge in [0.2, 0.25) is 0 Å². The van der Waals surface area contributed by atoms with Gasteiger partial charge in [0.1, 0.15) is 0 Å². The monoisotopic (exact) mass is 309 g/mol. The number of nitrogens with zero attached hydrogens (tertiary/aromatic N) is 1. The van der Waals surface area contributed by atoms with Crippen molar-refractivity contribution in [3.8, 4) is 11.3 Å². The van der Waals surface area contributed by atoms with E-state index in [9.17, 15) is 0 Å². The van der Waals surface area contributed by atoms with Crippen LogP contribution in [0.1, 0.15) is 19.4 Å². The average molecular weight is 309 g/mol. The normalized spacial score (nSPS) is 12.0. The van der Waals surface area contributed by atoms with Gasteiger partial charge in [-0.05, 0) is 64.7 Å². The van der Waals surface area contributed by atoms with Crippen LogP contribution in [0.3, 0.4) is 0 Å². The summed E-state index contributed by atoms with van der Waals surface area (Å²) in [5.74, 6) is 0. The Kier molecular flexibility index (Phi) is 3.62. The summed E-state index contributed by atoms with van der Waals surface area (Å²) < 4.78 is 0. The van der Waals surface area contributed by atoms with Gasteiger partial charge in [-0.15, -0.1) is 0 Å². The first-order chi connectivity index (χ1) is 11.8. The molecule has 4 rings (SSSR count). The first-order valence-electron chi connectivity index (χ1n) is 8.27. The first-order valence-corrected chi connectivity index (χ1v) is 8.27. The molecule has 0 saturated carbocycles. The Bertz CT molecular complexity index is 1070. The van der Waals surface area contributed by atoms with E-state index in [0.29, 0.717) is 0 Å². The number of aromatic nitrogens is 1. The zero-order chi connectivity index (χ0) is 16.5. The molecule has 1 nitrogen and oxygen atoms in total. The number of hydrogen-bond acceptors (Lipinski definition) is 1. The molecular formula is C23H19N. The third kappa shape index (κ3) is 2.48. The van der Waals surface area contributed by atoms with Gasteiger partial charge in [-0.3, -0.25) is 4.98 Å². The van der Waals surface area contributed by atoms with Crippen LogP contribution in [-0.4, -0.2) is 4.98 Å². The molecule has 1 aromatic heterocycles. The van der Waals surface area contributed by atoms with E-state index in [1.807, 2.05) is 6.20 Å². The molecule has 24 heavy (non-hydrogen) atoms. The first kappa shape index (κ1) is 14.6. The van der Waals surface area contributed by atoms with Crippen molar-refractivity contribution < 1.29 is 0 Å². The van der Waals surface area contributed by atoms with E-state index in [0.717, 1.165) is 11.3 Å². The van der Waals surface area contributed by atoms with Crippen LogP contribution in [-0.2, 0) is 0 Å². The minimum absolute atomic E-state index is 1.02. The SMILES string of the molecule is C/C=C(\C)c1ccnc(-c2ccc3c(ccc4ccccc43)c2)c1. The topological polar surface area (TPSA) is 12.9 Å². The molecule has 0 aliphatic rings. The molecule has 0 N–H and O–H groups in total. The zero-order valence-corrected chi connectivity index (χ0v) is 14.0. The fourth-order valence-corrected chi connectivity index (χ4v) is 3.17. The predicted molar refractivity (Wildman–Crippen MR) is 104 cm³/mol. The van der Waals surface area contributed by atoms with E-state index < -0.39 is 0 Å². The Morgan fingerprint density at radius 2 is 1.62 bits per heavy atom. The second kappa shape index (κ2) is 5.93. The van der Waals surface area contributed by atoms with E-state index in [2.05, 4.69) is 91.6 Å². The Balaban J connectivity index is 1.88. The Morgan fingerprint density at radius 1 is 0.833 bits per heavy atom. The number of benzene rings is 3. The van der Waals surface area contributed by atoms with Gasteiger partial charge in [-0.2, -0.15) is 0 Å². The molecule has 0 radical (unpaired) electrons. The summed E-state index contributed by atoms with van der Waals surface area (Å²) in [4.78, 5) is 4.57. The lowest BCUT2D eigenvalue weighted by atomic mass is 9.98. The number of fused-ring (bicyclic) bond motifs is 3. The van der Waals surface area contributed by atoms with Gasteiger partial charge < -0.3 is 0 Å².